The summed E-state index contributed by atoms with van der Waals surface area (Å²) >= 11 is 6.93. The Morgan fingerprint density at radius 1 is 1.69 bits per heavy atom. The Labute approximate surface area is 85.3 Å². The second kappa shape index (κ2) is 4.53. The highest BCUT2D eigenvalue weighted by Gasteiger charge is 2.11. The maximum atomic E-state index is 11.1. The van der Waals surface area contributed by atoms with Crippen LogP contribution in [0.25, 0.3) is 0 Å². The summed E-state index contributed by atoms with van der Waals surface area (Å²) in [5, 5.41) is 11.1. The van der Waals surface area contributed by atoms with Crippen LogP contribution in [0, 0.1) is 0 Å². The Morgan fingerprint density at radius 2 is 2.38 bits per heavy atom. The van der Waals surface area contributed by atoms with E-state index in [1.54, 1.807) is 6.92 Å². The highest BCUT2D eigenvalue weighted by atomic mass is 35.5. The molecule has 0 saturated heterocycles. The molecule has 0 unspecified atom stereocenters. The van der Waals surface area contributed by atoms with Crippen molar-refractivity contribution in [2.45, 2.75) is 25.6 Å². The predicted molar refractivity (Wildman–Crippen MR) is 53.2 cm³/mol. The molecular weight excluding hydrogens is 210 g/mol. The van der Waals surface area contributed by atoms with E-state index in [0.717, 1.165) is 11.4 Å². The molecule has 4 nitrogen and oxygen atoms in total. The SMILES string of the molecule is CCc1nnc(NC(=O)[C@@H](C)Cl)s1. The number of hydrogen-bond donors (Lipinski definition) is 1. The molecule has 0 aliphatic heterocycles. The van der Waals surface area contributed by atoms with Crippen LogP contribution >= 0.6 is 22.9 Å². The van der Waals surface area contributed by atoms with E-state index >= 15 is 0 Å². The molecule has 1 atom stereocenters. The summed E-state index contributed by atoms with van der Waals surface area (Å²) in [6.07, 6.45) is 0.823. The molecule has 0 aliphatic carbocycles. The number of rotatable bonds is 3. The molecule has 0 saturated carbocycles. The van der Waals surface area contributed by atoms with Crippen molar-refractivity contribution in [3.63, 3.8) is 0 Å². The van der Waals surface area contributed by atoms with Crippen LogP contribution < -0.4 is 5.32 Å². The standard InChI is InChI=1S/C7H10ClN3OS/c1-3-5-10-11-7(13-5)9-6(12)4(2)8/h4H,3H2,1-2H3,(H,9,11,12)/t4-/m1/s1. The van der Waals surface area contributed by atoms with Crippen molar-refractivity contribution in [2.24, 2.45) is 0 Å². The van der Waals surface area contributed by atoms with E-state index in [0.29, 0.717) is 5.13 Å². The molecule has 13 heavy (non-hydrogen) atoms. The van der Waals surface area contributed by atoms with Gasteiger partial charge in [-0.1, -0.05) is 18.3 Å². The number of anilines is 1. The Hall–Kier alpha value is -0.680. The third-order valence-electron chi connectivity index (χ3n) is 1.36. The zero-order chi connectivity index (χ0) is 9.84. The lowest BCUT2D eigenvalue weighted by molar-refractivity contribution is -0.115. The largest absolute Gasteiger partial charge is 0.299 e. The molecule has 1 amide bonds. The maximum absolute atomic E-state index is 11.1. The monoisotopic (exact) mass is 219 g/mol. The van der Waals surface area contributed by atoms with Crippen LogP contribution in [0.2, 0.25) is 0 Å². The van der Waals surface area contributed by atoms with Gasteiger partial charge in [-0.15, -0.1) is 21.8 Å². The lowest BCUT2D eigenvalue weighted by Crippen LogP contribution is -2.20. The molecule has 6 heteroatoms. The van der Waals surface area contributed by atoms with Crippen LogP contribution in [0.1, 0.15) is 18.9 Å². The van der Waals surface area contributed by atoms with E-state index in [-0.39, 0.29) is 5.91 Å². The van der Waals surface area contributed by atoms with Crippen LogP contribution in [0.3, 0.4) is 0 Å². The van der Waals surface area contributed by atoms with Crippen LogP contribution in [-0.2, 0) is 11.2 Å². The van der Waals surface area contributed by atoms with Gasteiger partial charge in [-0.25, -0.2) is 0 Å². The molecule has 0 radical (unpaired) electrons. The molecule has 1 rings (SSSR count). The number of alkyl halides is 1. The molecule has 0 aliphatic rings. The van der Waals surface area contributed by atoms with E-state index in [1.165, 1.54) is 11.3 Å². The Morgan fingerprint density at radius 3 is 2.85 bits per heavy atom. The zero-order valence-corrected chi connectivity index (χ0v) is 8.95. The fourth-order valence-corrected chi connectivity index (χ4v) is 1.39. The average molecular weight is 220 g/mol. The third-order valence-corrected chi connectivity index (χ3v) is 2.54. The van der Waals surface area contributed by atoms with Crippen molar-refractivity contribution in [1.82, 2.24) is 10.2 Å². The number of aryl methyl sites for hydroxylation is 1. The summed E-state index contributed by atoms with van der Waals surface area (Å²) in [6, 6.07) is 0. The lowest BCUT2D eigenvalue weighted by Gasteiger charge is -2.00. The Balaban J connectivity index is 2.59. The fourth-order valence-electron chi connectivity index (χ4n) is 0.652. The number of carbonyl (C=O) groups is 1. The minimum Gasteiger partial charge on any atom is -0.299 e. The summed E-state index contributed by atoms with van der Waals surface area (Å²) in [5.41, 5.74) is 0. The molecule has 0 bridgehead atoms. The Bertz CT molecular complexity index is 300. The molecule has 72 valence electrons. The first-order valence-corrected chi connectivity index (χ1v) is 5.16. The predicted octanol–water partition coefficient (Wildman–Crippen LogP) is 1.67. The molecule has 0 fully saturated rings. The number of halogens is 1. The number of hydrogen-bond acceptors (Lipinski definition) is 4. The highest BCUT2D eigenvalue weighted by molar-refractivity contribution is 7.15. The molecule has 1 N–H and O–H groups in total. The van der Waals surface area contributed by atoms with Crippen molar-refractivity contribution in [2.75, 3.05) is 5.32 Å². The van der Waals surface area contributed by atoms with Gasteiger partial charge < -0.3 is 0 Å². The lowest BCUT2D eigenvalue weighted by atomic mass is 10.4. The first-order valence-electron chi connectivity index (χ1n) is 3.90. The quantitative estimate of drug-likeness (QED) is 0.787. The molecule has 1 aromatic rings. The summed E-state index contributed by atoms with van der Waals surface area (Å²) < 4.78 is 0. The summed E-state index contributed by atoms with van der Waals surface area (Å²) in [5.74, 6) is -0.250. The van der Waals surface area contributed by atoms with Gasteiger partial charge in [0.15, 0.2) is 0 Å². The number of nitrogens with zero attached hydrogens (tertiary/aromatic N) is 2. The van der Waals surface area contributed by atoms with Crippen LogP contribution in [-0.4, -0.2) is 21.5 Å². The zero-order valence-electron chi connectivity index (χ0n) is 7.37. The van der Waals surface area contributed by atoms with Crippen molar-refractivity contribution in [3.8, 4) is 0 Å². The number of carbonyl (C=O) groups excluding carboxylic acids is 1. The molecule has 1 heterocycles. The van der Waals surface area contributed by atoms with Gasteiger partial charge in [-0.05, 0) is 13.3 Å². The van der Waals surface area contributed by atoms with E-state index in [1.807, 2.05) is 6.92 Å². The van der Waals surface area contributed by atoms with Crippen molar-refractivity contribution < 1.29 is 4.79 Å². The second-order valence-corrected chi connectivity index (χ2v) is 4.18. The van der Waals surface area contributed by atoms with E-state index < -0.39 is 5.38 Å². The molecular formula is C7H10ClN3OS. The van der Waals surface area contributed by atoms with Gasteiger partial charge >= 0.3 is 0 Å². The topological polar surface area (TPSA) is 54.9 Å². The Kier molecular flexibility index (Phi) is 3.62. The van der Waals surface area contributed by atoms with Gasteiger partial charge in [0.2, 0.25) is 11.0 Å². The van der Waals surface area contributed by atoms with Gasteiger partial charge in [0.1, 0.15) is 10.4 Å². The van der Waals surface area contributed by atoms with Crippen molar-refractivity contribution in [3.05, 3.63) is 5.01 Å². The minimum absolute atomic E-state index is 0.250. The summed E-state index contributed by atoms with van der Waals surface area (Å²) in [7, 11) is 0. The minimum atomic E-state index is -0.547. The van der Waals surface area contributed by atoms with E-state index in [2.05, 4.69) is 15.5 Å². The fraction of sp³-hybridized carbons (Fsp3) is 0.571. The van der Waals surface area contributed by atoms with Gasteiger partial charge in [0, 0.05) is 0 Å². The normalized spacial score (nSPS) is 12.5. The van der Waals surface area contributed by atoms with Crippen LogP contribution in [0.4, 0.5) is 5.13 Å². The summed E-state index contributed by atoms with van der Waals surface area (Å²) in [4.78, 5) is 11.1. The molecule has 0 aromatic carbocycles. The van der Waals surface area contributed by atoms with Crippen molar-refractivity contribution >= 4 is 34.0 Å². The average Bonchev–Trinajstić information content (AvgIpc) is 2.52. The number of nitrogens with one attached hydrogen (secondary N) is 1. The van der Waals surface area contributed by atoms with Gasteiger partial charge in [0.25, 0.3) is 0 Å². The van der Waals surface area contributed by atoms with Gasteiger partial charge in [-0.2, -0.15) is 0 Å². The third kappa shape index (κ3) is 2.93. The number of amides is 1. The smallest absolute Gasteiger partial charge is 0.243 e. The summed E-state index contributed by atoms with van der Waals surface area (Å²) in [6.45, 7) is 3.59. The number of aromatic nitrogens is 2. The molecule has 1 aromatic heterocycles. The van der Waals surface area contributed by atoms with E-state index in [9.17, 15) is 4.79 Å². The highest BCUT2D eigenvalue weighted by Crippen LogP contribution is 2.15. The van der Waals surface area contributed by atoms with Gasteiger partial charge in [0.05, 0.1) is 0 Å². The first-order chi connectivity index (χ1) is 6.13. The molecule has 0 spiro atoms. The maximum Gasteiger partial charge on any atom is 0.243 e. The van der Waals surface area contributed by atoms with Crippen LogP contribution in [0.15, 0.2) is 0 Å². The first kappa shape index (κ1) is 10.4. The van der Waals surface area contributed by atoms with Crippen LogP contribution in [0.5, 0.6) is 0 Å². The second-order valence-electron chi connectivity index (χ2n) is 2.46. The van der Waals surface area contributed by atoms with Gasteiger partial charge in [-0.3, -0.25) is 10.1 Å². The van der Waals surface area contributed by atoms with Crippen molar-refractivity contribution in [1.29, 1.82) is 0 Å². The van der Waals surface area contributed by atoms with E-state index in [4.69, 9.17) is 11.6 Å².